The van der Waals surface area contributed by atoms with Gasteiger partial charge in [0.1, 0.15) is 0 Å². The molecule has 0 saturated heterocycles. The lowest BCUT2D eigenvalue weighted by molar-refractivity contribution is -0.742. The normalized spacial score (nSPS) is 66.9. The maximum atomic E-state index is 11.3. The predicted octanol–water partition coefficient (Wildman–Crippen LogP) is 6.98. The zero-order valence-corrected chi connectivity index (χ0v) is 23.5. The first-order valence-electron chi connectivity index (χ1n) is 15.8. The average Bonchev–Trinajstić information content (AvgIpc) is 2.78. The molecule has 14 saturated carbocycles. The molecule has 0 amide bonds. The monoisotopic (exact) mass is 511 g/mol. The maximum absolute atomic E-state index is 11.3. The van der Waals surface area contributed by atoms with Crippen molar-refractivity contribution in [1.29, 1.82) is 0 Å². The van der Waals surface area contributed by atoms with Gasteiger partial charge in [-0.05, 0) is 164 Å². The summed E-state index contributed by atoms with van der Waals surface area (Å²) in [4.78, 5) is 8.36. The van der Waals surface area contributed by atoms with Crippen LogP contribution < -0.4 is 0 Å². The quantitative estimate of drug-likeness (QED) is 0.271. The van der Waals surface area contributed by atoms with E-state index in [1.54, 1.807) is 38.5 Å². The highest BCUT2D eigenvalue weighted by molar-refractivity contribution is 5.23. The Morgan fingerprint density at radius 3 is 1.11 bits per heavy atom. The topological polar surface area (TPSA) is 83.6 Å². The van der Waals surface area contributed by atoms with E-state index in [1.807, 2.05) is 0 Å². The largest absolute Gasteiger partial charge is 0.389 e. The second-order valence-electron chi connectivity index (χ2n) is 18.1. The van der Waals surface area contributed by atoms with Crippen LogP contribution in [0.25, 0.3) is 0 Å². The molecule has 16 bridgehead atoms. The number of rotatable bonds is 0. The van der Waals surface area contributed by atoms with E-state index in [9.17, 15) is 5.11 Å². The van der Waals surface area contributed by atoms with E-state index in [1.165, 1.54) is 67.6 Å². The van der Waals surface area contributed by atoms with Gasteiger partial charge in [0.05, 0.1) is 5.60 Å². The number of hydrogen-bond acceptors (Lipinski definition) is 3. The lowest BCUT2D eigenvalue weighted by Crippen LogP contribution is -2.74. The molecule has 14 rings (SSSR count). The second-order valence-corrected chi connectivity index (χ2v) is 18.1. The molecule has 5 heteroatoms. The highest BCUT2D eigenvalue weighted by Crippen LogP contribution is 2.78. The van der Waals surface area contributed by atoms with E-state index < -0.39 is 5.09 Å². The molecular weight excluding hydrogens is 462 g/mol. The van der Waals surface area contributed by atoms with Gasteiger partial charge in [0, 0.05) is 0 Å². The molecule has 14 aliphatic carbocycles. The highest BCUT2D eigenvalue weighted by Gasteiger charge is 2.74. The summed E-state index contributed by atoms with van der Waals surface area (Å²) in [6.45, 7) is 10.2. The van der Waals surface area contributed by atoms with Gasteiger partial charge < -0.3 is 10.3 Å². The molecule has 37 heavy (non-hydrogen) atoms. The van der Waals surface area contributed by atoms with E-state index in [4.69, 9.17) is 15.3 Å². The summed E-state index contributed by atoms with van der Waals surface area (Å²) in [6, 6.07) is 0. The zero-order valence-electron chi connectivity index (χ0n) is 23.5. The van der Waals surface area contributed by atoms with Crippen LogP contribution in [-0.2, 0) is 0 Å². The van der Waals surface area contributed by atoms with Gasteiger partial charge in [0.15, 0.2) is 0 Å². The van der Waals surface area contributed by atoms with E-state index in [0.29, 0.717) is 22.7 Å². The molecule has 0 heterocycles. The number of aliphatic hydroxyl groups is 1. The zero-order chi connectivity index (χ0) is 25.9. The van der Waals surface area contributed by atoms with Gasteiger partial charge in [-0.15, -0.1) is 10.1 Å². The van der Waals surface area contributed by atoms with Crippen LogP contribution in [0.3, 0.4) is 0 Å². The molecule has 0 radical (unpaired) electrons. The van der Waals surface area contributed by atoms with Crippen molar-refractivity contribution < 1.29 is 15.4 Å². The third kappa shape index (κ3) is 3.07. The Hall–Kier alpha value is -0.840. The maximum Gasteiger partial charge on any atom is 0.291 e. The number of hydrogen-bond donors (Lipinski definition) is 2. The van der Waals surface area contributed by atoms with Crippen molar-refractivity contribution in [2.24, 2.45) is 86.8 Å². The molecule has 2 N–H and O–H groups in total. The minimum atomic E-state index is -1.50. The molecule has 0 spiro atoms. The first-order valence-corrected chi connectivity index (χ1v) is 15.8. The Bertz CT molecular complexity index is 909. The van der Waals surface area contributed by atoms with Gasteiger partial charge in [0.2, 0.25) is 0 Å². The van der Waals surface area contributed by atoms with Crippen molar-refractivity contribution in [2.45, 2.75) is 110 Å². The van der Waals surface area contributed by atoms with Crippen molar-refractivity contribution in [2.75, 3.05) is 0 Å². The molecular formula is C32H49NO4. The Morgan fingerprint density at radius 2 is 0.784 bits per heavy atom. The van der Waals surface area contributed by atoms with Crippen LogP contribution >= 0.6 is 0 Å². The lowest BCUT2D eigenvalue weighted by atomic mass is 9.29. The summed E-state index contributed by atoms with van der Waals surface area (Å²) in [5.41, 5.74) is 2.43. The molecule has 4 atom stereocenters. The molecule has 0 aliphatic heterocycles. The fourth-order valence-corrected chi connectivity index (χ4v) is 15.3. The summed E-state index contributed by atoms with van der Waals surface area (Å²) in [7, 11) is 0. The minimum Gasteiger partial charge on any atom is -0.389 e. The average molecular weight is 512 g/mol. The van der Waals surface area contributed by atoms with E-state index >= 15 is 0 Å². The van der Waals surface area contributed by atoms with Crippen molar-refractivity contribution in [3.05, 3.63) is 10.1 Å². The van der Waals surface area contributed by atoms with Crippen LogP contribution in [0.1, 0.15) is 105 Å². The third-order valence-electron chi connectivity index (χ3n) is 15.4. The molecule has 5 nitrogen and oxygen atoms in total. The van der Waals surface area contributed by atoms with E-state index in [-0.39, 0.29) is 5.60 Å². The summed E-state index contributed by atoms with van der Waals surface area (Å²) in [5.74, 6) is 11.2. The Balaban J connectivity index is 0.000000102. The summed E-state index contributed by atoms with van der Waals surface area (Å²) in [6.07, 6.45) is 17.8. The van der Waals surface area contributed by atoms with E-state index in [2.05, 4.69) is 27.7 Å². The minimum absolute atomic E-state index is 0.239. The third-order valence-corrected chi connectivity index (χ3v) is 15.4. The van der Waals surface area contributed by atoms with Gasteiger partial charge in [0.25, 0.3) is 5.09 Å². The van der Waals surface area contributed by atoms with Crippen molar-refractivity contribution in [3.63, 3.8) is 0 Å². The first kappa shape index (κ1) is 24.0. The number of nitrogens with zero attached hydrogens (tertiary/aromatic N) is 1. The molecule has 0 aromatic rings. The van der Waals surface area contributed by atoms with Crippen molar-refractivity contribution in [1.82, 2.24) is 0 Å². The molecule has 14 fully saturated rings. The van der Waals surface area contributed by atoms with Crippen LogP contribution in [0, 0.1) is 96.9 Å². The van der Waals surface area contributed by atoms with Crippen molar-refractivity contribution in [3.8, 4) is 0 Å². The highest BCUT2D eigenvalue weighted by atomic mass is 16.9. The second kappa shape index (κ2) is 6.89. The molecule has 14 aliphatic rings. The summed E-state index contributed by atoms with van der Waals surface area (Å²) < 4.78 is 0. The smallest absolute Gasteiger partial charge is 0.291 e. The van der Waals surface area contributed by atoms with Gasteiger partial charge in [-0.2, -0.15) is 0 Å². The SMILES string of the molecule is CC12CC3C4CC5(C)CC3C(C1)C(C5)C4C2.CC12CC3C4CC5(C)CC3C(C1)C(O)(C5)C4C2.O=[N+]([O-])O. The lowest BCUT2D eigenvalue weighted by Gasteiger charge is -2.77. The van der Waals surface area contributed by atoms with Gasteiger partial charge in [-0.1, -0.05) is 27.7 Å². The van der Waals surface area contributed by atoms with Crippen LogP contribution in [0.4, 0.5) is 0 Å². The summed E-state index contributed by atoms with van der Waals surface area (Å²) >= 11 is 0. The predicted molar refractivity (Wildman–Crippen MR) is 140 cm³/mol. The molecule has 206 valence electrons. The van der Waals surface area contributed by atoms with Crippen LogP contribution in [0.15, 0.2) is 0 Å². The molecule has 4 unspecified atom stereocenters. The Kier molecular flexibility index (Phi) is 4.47. The van der Waals surface area contributed by atoms with Gasteiger partial charge >= 0.3 is 0 Å². The fraction of sp³-hybridized carbons (Fsp3) is 1.00. The van der Waals surface area contributed by atoms with Crippen LogP contribution in [0.5, 0.6) is 0 Å². The van der Waals surface area contributed by atoms with Crippen LogP contribution in [0.2, 0.25) is 0 Å². The Morgan fingerprint density at radius 1 is 0.541 bits per heavy atom. The van der Waals surface area contributed by atoms with Crippen molar-refractivity contribution >= 4 is 0 Å². The Labute approximate surface area is 222 Å². The molecule has 0 aromatic heterocycles. The first-order chi connectivity index (χ1) is 17.2. The fourth-order valence-electron chi connectivity index (χ4n) is 15.3. The summed E-state index contributed by atoms with van der Waals surface area (Å²) in [5, 5.41) is 24.9. The molecule has 0 aromatic carbocycles. The standard InChI is InChI=1S/C16H24O.C16H24.HNO3/c1-14-3-9-10-4-15(2)5-11(9)13(7-14)16(17,8-15)12(10)6-14;1-15-3-9-12-6-16(2)7-13(9)11(5-15)14(8-16)10(12)4-15;2-1(3)4/h9-13,17H,3-8H2,1-2H3;9-14H,3-8H2,1-2H3;(H,2,3,4). The van der Waals surface area contributed by atoms with Gasteiger partial charge in [-0.25, -0.2) is 0 Å². The van der Waals surface area contributed by atoms with E-state index in [0.717, 1.165) is 35.0 Å². The van der Waals surface area contributed by atoms with Crippen LogP contribution in [-0.4, -0.2) is 21.0 Å². The van der Waals surface area contributed by atoms with Gasteiger partial charge in [-0.3, -0.25) is 0 Å².